The van der Waals surface area contributed by atoms with Crippen LogP contribution in [0.2, 0.25) is 0 Å². The standard InChI is InChI=1S/C25H22N4O4S3/c1-28-15-18-11-16(7-8-20(18)25(28)30)22-9-10-23(34-22)17-12-19(14-26-13-17)27-35-29(31)21-5-3-4-6-24(21)36(2,32)33/h3-14,27,31H,15H2,1-2H3. The number of carbonyl (C=O) groups excluding carboxylic acids is 1. The molecular formula is C25H22N4O4S3. The van der Waals surface area contributed by atoms with Gasteiger partial charge in [-0.1, -0.05) is 18.2 Å². The number of anilines is 2. The van der Waals surface area contributed by atoms with Crippen molar-refractivity contribution >= 4 is 50.6 Å². The average molecular weight is 539 g/mol. The van der Waals surface area contributed by atoms with Crippen molar-refractivity contribution in [2.75, 3.05) is 22.5 Å². The summed E-state index contributed by atoms with van der Waals surface area (Å²) in [4.78, 5) is 20.3. The van der Waals surface area contributed by atoms with Gasteiger partial charge in [0.25, 0.3) is 5.91 Å². The van der Waals surface area contributed by atoms with Crippen LogP contribution in [0.4, 0.5) is 11.4 Å². The monoisotopic (exact) mass is 538 g/mol. The van der Waals surface area contributed by atoms with Gasteiger partial charge in [-0.2, -0.15) is 4.47 Å². The number of hydrogen-bond acceptors (Lipinski definition) is 9. The molecule has 3 heterocycles. The van der Waals surface area contributed by atoms with Crippen molar-refractivity contribution in [3.63, 3.8) is 0 Å². The van der Waals surface area contributed by atoms with Crippen molar-refractivity contribution in [2.24, 2.45) is 0 Å². The molecule has 0 fully saturated rings. The van der Waals surface area contributed by atoms with Crippen molar-refractivity contribution in [2.45, 2.75) is 11.4 Å². The first-order valence-corrected chi connectivity index (χ1v) is 14.3. The molecule has 0 atom stereocenters. The first-order chi connectivity index (χ1) is 17.2. The maximum Gasteiger partial charge on any atom is 0.254 e. The molecule has 0 radical (unpaired) electrons. The van der Waals surface area contributed by atoms with Crippen molar-refractivity contribution in [1.82, 2.24) is 9.88 Å². The van der Waals surface area contributed by atoms with Crippen LogP contribution in [0.15, 0.2) is 78.0 Å². The number of amides is 1. The zero-order valence-corrected chi connectivity index (χ0v) is 21.8. The van der Waals surface area contributed by atoms with Crippen molar-refractivity contribution < 1.29 is 18.4 Å². The number of benzene rings is 2. The molecule has 184 valence electrons. The van der Waals surface area contributed by atoms with Crippen molar-refractivity contribution in [1.29, 1.82) is 0 Å². The highest BCUT2D eigenvalue weighted by molar-refractivity contribution is 8.01. The molecule has 1 aliphatic heterocycles. The third kappa shape index (κ3) is 4.82. The number of sulfone groups is 1. The number of nitrogens with one attached hydrogen (secondary N) is 1. The molecule has 2 N–H and O–H groups in total. The Morgan fingerprint density at radius 3 is 2.58 bits per heavy atom. The van der Waals surface area contributed by atoms with E-state index in [2.05, 4.69) is 21.8 Å². The highest BCUT2D eigenvalue weighted by Gasteiger charge is 2.24. The number of aromatic nitrogens is 1. The second kappa shape index (κ2) is 9.58. The quantitative estimate of drug-likeness (QED) is 0.240. The van der Waals surface area contributed by atoms with Gasteiger partial charge in [-0.15, -0.1) is 11.3 Å². The molecule has 2 aromatic carbocycles. The topological polar surface area (TPSA) is 103 Å². The van der Waals surface area contributed by atoms with Crippen LogP contribution in [-0.2, 0) is 16.4 Å². The second-order valence-corrected chi connectivity index (χ2v) is 12.2. The van der Waals surface area contributed by atoms with E-state index >= 15 is 0 Å². The van der Waals surface area contributed by atoms with E-state index in [0.29, 0.717) is 12.2 Å². The number of pyridine rings is 1. The van der Waals surface area contributed by atoms with Crippen LogP contribution in [0.1, 0.15) is 15.9 Å². The van der Waals surface area contributed by atoms with Crippen LogP contribution in [0.25, 0.3) is 20.9 Å². The van der Waals surface area contributed by atoms with E-state index in [1.807, 2.05) is 24.3 Å². The number of carbonyl (C=O) groups is 1. The minimum absolute atomic E-state index is 0.0300. The Bertz CT molecular complexity index is 1570. The Balaban J connectivity index is 1.32. The SMILES string of the molecule is CN1Cc2cc(-c3ccc(-c4cncc(NSN(O)c5ccccc5S(C)(=O)=O)c4)s3)ccc2C1=O. The van der Waals surface area contributed by atoms with E-state index in [1.165, 1.54) is 12.1 Å². The zero-order valence-electron chi connectivity index (χ0n) is 19.4. The molecule has 0 bridgehead atoms. The molecule has 5 rings (SSSR count). The molecule has 0 unspecified atom stereocenters. The van der Waals surface area contributed by atoms with E-state index in [4.69, 9.17) is 0 Å². The van der Waals surface area contributed by atoms with Crippen LogP contribution in [0.5, 0.6) is 0 Å². The third-order valence-electron chi connectivity index (χ3n) is 5.72. The molecule has 0 saturated carbocycles. The molecule has 0 saturated heterocycles. The van der Waals surface area contributed by atoms with Gasteiger partial charge >= 0.3 is 0 Å². The Labute approximate surface area is 217 Å². The summed E-state index contributed by atoms with van der Waals surface area (Å²) < 4.78 is 27.8. The van der Waals surface area contributed by atoms with Crippen LogP contribution >= 0.6 is 23.5 Å². The molecule has 2 aromatic heterocycles. The molecular weight excluding hydrogens is 517 g/mol. The predicted molar refractivity (Wildman–Crippen MR) is 144 cm³/mol. The van der Waals surface area contributed by atoms with Gasteiger partial charge in [-0.3, -0.25) is 15.0 Å². The maximum absolute atomic E-state index is 12.2. The lowest BCUT2D eigenvalue weighted by Gasteiger charge is -2.18. The highest BCUT2D eigenvalue weighted by Crippen LogP contribution is 2.37. The first-order valence-electron chi connectivity index (χ1n) is 10.9. The molecule has 4 aromatic rings. The van der Waals surface area contributed by atoms with Crippen molar-refractivity contribution in [3.05, 3.63) is 84.2 Å². The van der Waals surface area contributed by atoms with Crippen LogP contribution in [0, 0.1) is 0 Å². The molecule has 0 aliphatic carbocycles. The molecule has 0 spiro atoms. The summed E-state index contributed by atoms with van der Waals surface area (Å²) in [5.41, 5.74) is 4.55. The van der Waals surface area contributed by atoms with Gasteiger partial charge < -0.3 is 9.62 Å². The lowest BCUT2D eigenvalue weighted by atomic mass is 10.1. The Kier molecular flexibility index (Phi) is 6.47. The summed E-state index contributed by atoms with van der Waals surface area (Å²) in [6, 6.07) is 18.2. The number of thiophene rings is 1. The van der Waals surface area contributed by atoms with Crippen LogP contribution in [0.3, 0.4) is 0 Å². The Morgan fingerprint density at radius 2 is 1.81 bits per heavy atom. The summed E-state index contributed by atoms with van der Waals surface area (Å²) in [5, 5.41) is 10.5. The normalized spacial score (nSPS) is 13.1. The fourth-order valence-corrected chi connectivity index (χ4v) is 6.43. The smallest absolute Gasteiger partial charge is 0.254 e. The summed E-state index contributed by atoms with van der Waals surface area (Å²) in [7, 11) is -1.70. The predicted octanol–water partition coefficient (Wildman–Crippen LogP) is 5.34. The van der Waals surface area contributed by atoms with E-state index < -0.39 is 9.84 Å². The zero-order chi connectivity index (χ0) is 25.4. The lowest BCUT2D eigenvalue weighted by molar-refractivity contribution is 0.0816. The van der Waals surface area contributed by atoms with Gasteiger partial charge in [-0.05, 0) is 53.6 Å². The number of hydrogen-bond donors (Lipinski definition) is 2. The Morgan fingerprint density at radius 1 is 1.06 bits per heavy atom. The number of para-hydroxylation sites is 1. The molecule has 36 heavy (non-hydrogen) atoms. The average Bonchev–Trinajstić information content (AvgIpc) is 3.47. The van der Waals surface area contributed by atoms with Gasteiger partial charge in [-0.25, -0.2) is 8.42 Å². The van der Waals surface area contributed by atoms with Crippen LogP contribution in [-0.4, -0.2) is 42.7 Å². The summed E-state index contributed by atoms with van der Waals surface area (Å²) in [5.74, 6) is 0.0536. The van der Waals surface area contributed by atoms with Gasteiger partial charge in [0.1, 0.15) is 0 Å². The molecule has 8 nitrogen and oxygen atoms in total. The lowest BCUT2D eigenvalue weighted by Crippen LogP contribution is -2.17. The summed E-state index contributed by atoms with van der Waals surface area (Å²) >= 11 is 2.46. The van der Waals surface area contributed by atoms with Gasteiger partial charge in [0.2, 0.25) is 0 Å². The van der Waals surface area contributed by atoms with Gasteiger partial charge in [0.15, 0.2) is 9.84 Å². The minimum Gasteiger partial charge on any atom is -0.337 e. The highest BCUT2D eigenvalue weighted by atomic mass is 32.2. The third-order valence-corrected chi connectivity index (χ3v) is 8.75. The molecule has 11 heteroatoms. The Hall–Kier alpha value is -3.38. The van der Waals surface area contributed by atoms with E-state index in [9.17, 15) is 18.4 Å². The maximum atomic E-state index is 12.2. The van der Waals surface area contributed by atoms with E-state index in [-0.39, 0.29) is 16.5 Å². The fraction of sp³-hybridized carbons (Fsp3) is 0.120. The fourth-order valence-electron chi connectivity index (χ4n) is 3.97. The van der Waals surface area contributed by atoms with Crippen LogP contribution < -0.4 is 9.19 Å². The van der Waals surface area contributed by atoms with E-state index in [1.54, 1.807) is 47.8 Å². The second-order valence-electron chi connectivity index (χ2n) is 8.37. The molecule has 1 aliphatic rings. The minimum atomic E-state index is -3.51. The number of nitrogens with zero attached hydrogens (tertiary/aromatic N) is 3. The van der Waals surface area contributed by atoms with E-state index in [0.717, 1.165) is 54.9 Å². The summed E-state index contributed by atoms with van der Waals surface area (Å²) in [6.45, 7) is 0.617. The largest absolute Gasteiger partial charge is 0.337 e. The van der Waals surface area contributed by atoms with Gasteiger partial charge in [0.05, 0.1) is 34.6 Å². The first kappa shape index (κ1) is 24.3. The van der Waals surface area contributed by atoms with Gasteiger partial charge in [0, 0.05) is 46.9 Å². The molecule has 1 amide bonds. The van der Waals surface area contributed by atoms with Crippen molar-refractivity contribution in [3.8, 4) is 20.9 Å². The number of rotatable bonds is 7. The summed E-state index contributed by atoms with van der Waals surface area (Å²) in [6.07, 6.45) is 4.48. The number of fused-ring (bicyclic) bond motifs is 1.